The van der Waals surface area contributed by atoms with E-state index >= 15 is 0 Å². The molecule has 0 saturated heterocycles. The van der Waals surface area contributed by atoms with E-state index in [-0.39, 0.29) is 25.3 Å². The number of hydrogen-bond donors (Lipinski definition) is 2. The number of nitrogens with one attached hydrogen (secondary N) is 1. The third kappa shape index (κ3) is 9.84. The summed E-state index contributed by atoms with van der Waals surface area (Å²) in [4.78, 5) is 10.1. The Kier molecular flexibility index (Phi) is 8.08. The molecular formula is C8H17NO6S. The molecule has 0 heterocycles. The molecule has 0 atom stereocenters. The van der Waals surface area contributed by atoms with Crippen molar-refractivity contribution in [2.45, 2.75) is 6.42 Å². The first-order chi connectivity index (χ1) is 7.48. The minimum atomic E-state index is -3.44. The summed E-state index contributed by atoms with van der Waals surface area (Å²) in [5.74, 6) is -1.23. The standard InChI is InChI=1S/C8H17NO6S/c1-14-4-5-15-6-7-16(12,13)9-3-2-8(10)11/h9H,2-7H2,1H3,(H,10,11). The summed E-state index contributed by atoms with van der Waals surface area (Å²) in [5.41, 5.74) is 0. The number of hydrogen-bond acceptors (Lipinski definition) is 5. The summed E-state index contributed by atoms with van der Waals surface area (Å²) in [7, 11) is -1.92. The third-order valence-electron chi connectivity index (χ3n) is 1.59. The lowest BCUT2D eigenvalue weighted by Crippen LogP contribution is -2.30. The summed E-state index contributed by atoms with van der Waals surface area (Å²) in [6, 6.07) is 0. The van der Waals surface area contributed by atoms with Gasteiger partial charge in [-0.1, -0.05) is 0 Å². The van der Waals surface area contributed by atoms with Crippen molar-refractivity contribution in [1.29, 1.82) is 0 Å². The van der Waals surface area contributed by atoms with Crippen molar-refractivity contribution in [3.8, 4) is 0 Å². The predicted octanol–water partition coefficient (Wildman–Crippen LogP) is -0.956. The van der Waals surface area contributed by atoms with E-state index in [0.717, 1.165) is 0 Å². The normalized spacial score (nSPS) is 11.6. The fourth-order valence-corrected chi connectivity index (χ4v) is 1.69. The molecule has 0 aliphatic rings. The van der Waals surface area contributed by atoms with E-state index in [1.54, 1.807) is 0 Å². The van der Waals surface area contributed by atoms with Gasteiger partial charge in [0.15, 0.2) is 0 Å². The molecule has 0 radical (unpaired) electrons. The zero-order chi connectivity index (χ0) is 12.4. The topological polar surface area (TPSA) is 102 Å². The van der Waals surface area contributed by atoms with Crippen LogP contribution in [0.3, 0.4) is 0 Å². The first-order valence-electron chi connectivity index (χ1n) is 4.74. The van der Waals surface area contributed by atoms with Crippen LogP contribution in [-0.2, 0) is 24.3 Å². The van der Waals surface area contributed by atoms with E-state index in [0.29, 0.717) is 13.2 Å². The predicted molar refractivity (Wildman–Crippen MR) is 56.7 cm³/mol. The molecule has 8 heteroatoms. The number of carboxylic acids is 1. The van der Waals surface area contributed by atoms with Gasteiger partial charge in [-0.15, -0.1) is 0 Å². The lowest BCUT2D eigenvalue weighted by molar-refractivity contribution is -0.136. The molecule has 0 aromatic heterocycles. The molecule has 0 aliphatic heterocycles. The Labute approximate surface area is 94.8 Å². The van der Waals surface area contributed by atoms with Gasteiger partial charge in [-0.3, -0.25) is 4.79 Å². The number of ether oxygens (including phenoxy) is 2. The van der Waals surface area contributed by atoms with Gasteiger partial charge < -0.3 is 14.6 Å². The second-order valence-corrected chi connectivity index (χ2v) is 4.89. The molecule has 0 spiro atoms. The van der Waals surface area contributed by atoms with Crippen LogP contribution in [0.25, 0.3) is 0 Å². The zero-order valence-electron chi connectivity index (χ0n) is 9.14. The third-order valence-corrected chi connectivity index (χ3v) is 2.94. The number of carboxylic acid groups (broad SMARTS) is 1. The van der Waals surface area contributed by atoms with Crippen molar-refractivity contribution in [3.63, 3.8) is 0 Å². The Morgan fingerprint density at radius 2 is 2.00 bits per heavy atom. The molecule has 0 aromatic carbocycles. The second-order valence-electron chi connectivity index (χ2n) is 2.96. The van der Waals surface area contributed by atoms with Crippen molar-refractivity contribution >= 4 is 16.0 Å². The molecule has 0 aromatic rings. The van der Waals surface area contributed by atoms with Crippen molar-refractivity contribution < 1.29 is 27.8 Å². The molecule has 2 N–H and O–H groups in total. The Balaban J connectivity index is 3.58. The van der Waals surface area contributed by atoms with Crippen molar-refractivity contribution in [2.75, 3.05) is 39.2 Å². The zero-order valence-corrected chi connectivity index (χ0v) is 9.96. The average Bonchev–Trinajstić information content (AvgIpc) is 2.16. The maximum Gasteiger partial charge on any atom is 0.304 e. The van der Waals surface area contributed by atoms with E-state index in [4.69, 9.17) is 14.6 Å². The molecule has 0 fully saturated rings. The van der Waals surface area contributed by atoms with E-state index < -0.39 is 16.0 Å². The quantitative estimate of drug-likeness (QED) is 0.488. The van der Waals surface area contributed by atoms with E-state index in [9.17, 15) is 13.2 Å². The molecule has 0 bridgehead atoms. The van der Waals surface area contributed by atoms with Gasteiger partial charge in [-0.05, 0) is 0 Å². The van der Waals surface area contributed by atoms with Crippen LogP contribution in [0, 0.1) is 0 Å². The molecule has 0 unspecified atom stereocenters. The summed E-state index contributed by atoms with van der Waals surface area (Å²) >= 11 is 0. The van der Waals surface area contributed by atoms with Crippen molar-refractivity contribution in [3.05, 3.63) is 0 Å². The van der Waals surface area contributed by atoms with Crippen LogP contribution in [0.4, 0.5) is 0 Å². The number of sulfonamides is 1. The van der Waals surface area contributed by atoms with Crippen LogP contribution in [0.15, 0.2) is 0 Å². The number of carbonyl (C=O) groups is 1. The minimum absolute atomic E-state index is 0.0613. The summed E-state index contributed by atoms with van der Waals surface area (Å²) < 4.78 is 34.3. The monoisotopic (exact) mass is 255 g/mol. The second kappa shape index (κ2) is 8.45. The van der Waals surface area contributed by atoms with Gasteiger partial charge in [0.1, 0.15) is 0 Å². The first-order valence-corrected chi connectivity index (χ1v) is 6.39. The van der Waals surface area contributed by atoms with Gasteiger partial charge in [-0.2, -0.15) is 0 Å². The van der Waals surface area contributed by atoms with Gasteiger partial charge in [0, 0.05) is 13.7 Å². The molecule has 0 aliphatic carbocycles. The highest BCUT2D eigenvalue weighted by Crippen LogP contribution is 1.87. The molecule has 96 valence electrons. The van der Waals surface area contributed by atoms with Crippen LogP contribution in [0.5, 0.6) is 0 Å². The van der Waals surface area contributed by atoms with Crippen LogP contribution < -0.4 is 4.72 Å². The molecule has 0 rings (SSSR count). The lowest BCUT2D eigenvalue weighted by Gasteiger charge is -2.06. The van der Waals surface area contributed by atoms with Gasteiger partial charge in [0.25, 0.3) is 0 Å². The van der Waals surface area contributed by atoms with Crippen LogP contribution in [-0.4, -0.2) is 58.7 Å². The van der Waals surface area contributed by atoms with Crippen molar-refractivity contribution in [2.24, 2.45) is 0 Å². The maximum atomic E-state index is 11.2. The van der Waals surface area contributed by atoms with Gasteiger partial charge in [-0.25, -0.2) is 13.1 Å². The minimum Gasteiger partial charge on any atom is -0.481 e. The summed E-state index contributed by atoms with van der Waals surface area (Å²) in [6.45, 7) is 0.704. The SMILES string of the molecule is COCCOCCS(=O)(=O)NCCC(=O)O. The maximum absolute atomic E-state index is 11.2. The first kappa shape index (κ1) is 15.3. The summed E-state index contributed by atoms with van der Waals surface area (Å²) in [6.07, 6.45) is -0.232. The van der Waals surface area contributed by atoms with Crippen molar-refractivity contribution in [1.82, 2.24) is 4.72 Å². The Morgan fingerprint density at radius 1 is 1.31 bits per heavy atom. The Bertz CT molecular complexity index is 289. The van der Waals surface area contributed by atoms with Crippen LogP contribution in [0.1, 0.15) is 6.42 Å². The molecule has 0 amide bonds. The van der Waals surface area contributed by atoms with E-state index in [1.807, 2.05) is 0 Å². The Morgan fingerprint density at radius 3 is 2.56 bits per heavy atom. The number of rotatable bonds is 10. The van der Waals surface area contributed by atoms with Crippen LogP contribution in [0.2, 0.25) is 0 Å². The number of aliphatic carboxylic acids is 1. The Hall–Kier alpha value is -0.700. The molecule has 0 saturated carbocycles. The van der Waals surface area contributed by atoms with Gasteiger partial charge in [0.05, 0.1) is 32.0 Å². The molecular weight excluding hydrogens is 238 g/mol. The fraction of sp³-hybridized carbons (Fsp3) is 0.875. The van der Waals surface area contributed by atoms with E-state index in [1.165, 1.54) is 7.11 Å². The number of methoxy groups -OCH3 is 1. The van der Waals surface area contributed by atoms with Gasteiger partial charge >= 0.3 is 5.97 Å². The van der Waals surface area contributed by atoms with Crippen LogP contribution >= 0.6 is 0 Å². The fourth-order valence-electron chi connectivity index (χ4n) is 0.799. The highest BCUT2D eigenvalue weighted by molar-refractivity contribution is 7.89. The largest absolute Gasteiger partial charge is 0.481 e. The molecule has 7 nitrogen and oxygen atoms in total. The van der Waals surface area contributed by atoms with Gasteiger partial charge in [0.2, 0.25) is 10.0 Å². The summed E-state index contributed by atoms with van der Waals surface area (Å²) in [5, 5.41) is 8.31. The lowest BCUT2D eigenvalue weighted by atomic mass is 10.5. The smallest absolute Gasteiger partial charge is 0.304 e. The van der Waals surface area contributed by atoms with E-state index in [2.05, 4.69) is 4.72 Å². The highest BCUT2D eigenvalue weighted by Gasteiger charge is 2.10. The highest BCUT2D eigenvalue weighted by atomic mass is 32.2. The molecule has 16 heavy (non-hydrogen) atoms. The average molecular weight is 255 g/mol.